The SMILES string of the molecule is CCOC(C)CN1CC(=O)NC(C)C1=O. The molecule has 0 aromatic heterocycles. The molecule has 2 amide bonds. The molecular formula is C10H18N2O3. The van der Waals surface area contributed by atoms with Crippen molar-refractivity contribution < 1.29 is 14.3 Å². The lowest BCUT2D eigenvalue weighted by atomic mass is 10.2. The molecule has 1 aliphatic heterocycles. The van der Waals surface area contributed by atoms with Gasteiger partial charge in [-0.15, -0.1) is 0 Å². The molecule has 0 spiro atoms. The zero-order valence-corrected chi connectivity index (χ0v) is 9.45. The fraction of sp³-hybridized carbons (Fsp3) is 0.800. The summed E-state index contributed by atoms with van der Waals surface area (Å²) in [6, 6.07) is -0.417. The summed E-state index contributed by atoms with van der Waals surface area (Å²) in [4.78, 5) is 24.4. The molecule has 5 nitrogen and oxygen atoms in total. The Bertz CT molecular complexity index is 255. The van der Waals surface area contributed by atoms with Crippen LogP contribution >= 0.6 is 0 Å². The zero-order chi connectivity index (χ0) is 11.4. The van der Waals surface area contributed by atoms with E-state index in [1.54, 1.807) is 11.8 Å². The molecule has 0 bridgehead atoms. The normalized spacial score (nSPS) is 23.9. The fourth-order valence-corrected chi connectivity index (χ4v) is 1.68. The monoisotopic (exact) mass is 214 g/mol. The Balaban J connectivity index is 2.52. The van der Waals surface area contributed by atoms with Gasteiger partial charge in [0.15, 0.2) is 0 Å². The number of carbonyl (C=O) groups excluding carboxylic acids is 2. The van der Waals surface area contributed by atoms with Crippen LogP contribution in [0.3, 0.4) is 0 Å². The summed E-state index contributed by atoms with van der Waals surface area (Å²) >= 11 is 0. The molecule has 1 rings (SSSR count). The lowest BCUT2D eigenvalue weighted by Gasteiger charge is -2.32. The highest BCUT2D eigenvalue weighted by atomic mass is 16.5. The summed E-state index contributed by atoms with van der Waals surface area (Å²) in [7, 11) is 0. The molecular weight excluding hydrogens is 196 g/mol. The molecule has 0 aromatic rings. The molecule has 1 saturated heterocycles. The van der Waals surface area contributed by atoms with Gasteiger partial charge in [0, 0.05) is 13.2 Å². The summed E-state index contributed by atoms with van der Waals surface area (Å²) in [6.45, 7) is 6.73. The minimum Gasteiger partial charge on any atom is -0.377 e. The maximum Gasteiger partial charge on any atom is 0.245 e. The van der Waals surface area contributed by atoms with Gasteiger partial charge < -0.3 is 15.0 Å². The van der Waals surface area contributed by atoms with Gasteiger partial charge in [-0.05, 0) is 20.8 Å². The largest absolute Gasteiger partial charge is 0.377 e. The van der Waals surface area contributed by atoms with E-state index in [1.807, 2.05) is 13.8 Å². The summed E-state index contributed by atoms with van der Waals surface area (Å²) in [6.07, 6.45) is -0.0305. The molecule has 2 atom stereocenters. The molecule has 5 heteroatoms. The standard InChI is InChI=1S/C10H18N2O3/c1-4-15-7(2)5-12-6-9(13)11-8(3)10(12)14/h7-8H,4-6H2,1-3H3,(H,11,13). The first-order chi connectivity index (χ1) is 7.04. The zero-order valence-electron chi connectivity index (χ0n) is 9.45. The van der Waals surface area contributed by atoms with Crippen LogP contribution in [-0.2, 0) is 14.3 Å². The molecule has 0 aromatic carbocycles. The first kappa shape index (κ1) is 12.0. The first-order valence-corrected chi connectivity index (χ1v) is 5.24. The van der Waals surface area contributed by atoms with Crippen molar-refractivity contribution in [1.82, 2.24) is 10.2 Å². The van der Waals surface area contributed by atoms with Gasteiger partial charge >= 0.3 is 0 Å². The summed E-state index contributed by atoms with van der Waals surface area (Å²) in [5, 5.41) is 2.59. The van der Waals surface area contributed by atoms with Crippen LogP contribution in [0.5, 0.6) is 0 Å². The number of piperazine rings is 1. The van der Waals surface area contributed by atoms with Gasteiger partial charge in [-0.1, -0.05) is 0 Å². The third-order valence-corrected chi connectivity index (χ3v) is 2.32. The molecule has 15 heavy (non-hydrogen) atoms. The molecule has 1 heterocycles. The number of carbonyl (C=O) groups is 2. The van der Waals surface area contributed by atoms with Gasteiger partial charge in [-0.25, -0.2) is 0 Å². The van der Waals surface area contributed by atoms with Gasteiger partial charge in [0.25, 0.3) is 0 Å². The summed E-state index contributed by atoms with van der Waals surface area (Å²) in [5.41, 5.74) is 0. The van der Waals surface area contributed by atoms with E-state index in [0.717, 1.165) is 0 Å². The Morgan fingerprint density at radius 1 is 1.60 bits per heavy atom. The third-order valence-electron chi connectivity index (χ3n) is 2.32. The van der Waals surface area contributed by atoms with E-state index in [0.29, 0.717) is 13.2 Å². The van der Waals surface area contributed by atoms with Crippen molar-refractivity contribution in [1.29, 1.82) is 0 Å². The van der Waals surface area contributed by atoms with Crippen molar-refractivity contribution in [2.75, 3.05) is 19.7 Å². The molecule has 0 aliphatic carbocycles. The Morgan fingerprint density at radius 2 is 2.27 bits per heavy atom. The number of nitrogens with zero attached hydrogens (tertiary/aromatic N) is 1. The summed E-state index contributed by atoms with van der Waals surface area (Å²) < 4.78 is 5.34. The third kappa shape index (κ3) is 3.20. The van der Waals surface area contributed by atoms with Crippen LogP contribution < -0.4 is 5.32 Å². The molecule has 86 valence electrons. The van der Waals surface area contributed by atoms with Crippen molar-refractivity contribution in [3.63, 3.8) is 0 Å². The van der Waals surface area contributed by atoms with E-state index < -0.39 is 6.04 Å². The number of hydrogen-bond donors (Lipinski definition) is 1. The highest BCUT2D eigenvalue weighted by molar-refractivity contribution is 5.94. The smallest absolute Gasteiger partial charge is 0.245 e. The Hall–Kier alpha value is -1.10. The Kier molecular flexibility index (Phi) is 4.08. The van der Waals surface area contributed by atoms with Crippen LogP contribution in [0.2, 0.25) is 0 Å². The van der Waals surface area contributed by atoms with Crippen LogP contribution in [0.15, 0.2) is 0 Å². The molecule has 1 N–H and O–H groups in total. The van der Waals surface area contributed by atoms with Gasteiger partial charge in [0.1, 0.15) is 6.04 Å². The Labute approximate surface area is 89.8 Å². The van der Waals surface area contributed by atoms with Crippen LogP contribution in [0.4, 0.5) is 0 Å². The minimum absolute atomic E-state index is 0.0305. The van der Waals surface area contributed by atoms with Gasteiger partial charge in [-0.2, -0.15) is 0 Å². The van der Waals surface area contributed by atoms with E-state index in [-0.39, 0.29) is 24.5 Å². The van der Waals surface area contributed by atoms with E-state index in [2.05, 4.69) is 5.32 Å². The van der Waals surface area contributed by atoms with Crippen LogP contribution in [-0.4, -0.2) is 48.6 Å². The fourth-order valence-electron chi connectivity index (χ4n) is 1.68. The number of amides is 2. The summed E-state index contributed by atoms with van der Waals surface area (Å²) in [5.74, 6) is -0.146. The predicted molar refractivity (Wildman–Crippen MR) is 55.3 cm³/mol. The van der Waals surface area contributed by atoms with E-state index in [1.165, 1.54) is 0 Å². The molecule has 0 radical (unpaired) electrons. The highest BCUT2D eigenvalue weighted by Crippen LogP contribution is 2.04. The second-order valence-electron chi connectivity index (χ2n) is 3.77. The quantitative estimate of drug-likeness (QED) is 0.702. The number of hydrogen-bond acceptors (Lipinski definition) is 3. The van der Waals surface area contributed by atoms with Crippen LogP contribution in [0.25, 0.3) is 0 Å². The van der Waals surface area contributed by atoms with Crippen molar-refractivity contribution in [2.24, 2.45) is 0 Å². The lowest BCUT2D eigenvalue weighted by Crippen LogP contribution is -2.58. The van der Waals surface area contributed by atoms with Crippen LogP contribution in [0, 0.1) is 0 Å². The molecule has 1 fully saturated rings. The minimum atomic E-state index is -0.417. The van der Waals surface area contributed by atoms with E-state index in [4.69, 9.17) is 4.74 Å². The van der Waals surface area contributed by atoms with Crippen molar-refractivity contribution in [2.45, 2.75) is 32.9 Å². The van der Waals surface area contributed by atoms with Gasteiger partial charge in [0.2, 0.25) is 11.8 Å². The number of nitrogens with one attached hydrogen (secondary N) is 1. The maximum absolute atomic E-state index is 11.7. The molecule has 2 unspecified atom stereocenters. The second kappa shape index (κ2) is 5.11. The second-order valence-corrected chi connectivity index (χ2v) is 3.77. The maximum atomic E-state index is 11.7. The highest BCUT2D eigenvalue weighted by Gasteiger charge is 2.30. The van der Waals surface area contributed by atoms with Gasteiger partial charge in [0.05, 0.1) is 12.6 Å². The predicted octanol–water partition coefficient (Wildman–Crippen LogP) is -0.242. The number of rotatable bonds is 4. The van der Waals surface area contributed by atoms with E-state index in [9.17, 15) is 9.59 Å². The van der Waals surface area contributed by atoms with Crippen LogP contribution in [0.1, 0.15) is 20.8 Å². The Morgan fingerprint density at radius 3 is 2.87 bits per heavy atom. The molecule has 0 saturated carbocycles. The van der Waals surface area contributed by atoms with E-state index >= 15 is 0 Å². The number of ether oxygens (including phenoxy) is 1. The lowest BCUT2D eigenvalue weighted by molar-refractivity contribution is -0.145. The molecule has 1 aliphatic rings. The first-order valence-electron chi connectivity index (χ1n) is 5.24. The van der Waals surface area contributed by atoms with Crippen molar-refractivity contribution in [3.8, 4) is 0 Å². The van der Waals surface area contributed by atoms with Crippen molar-refractivity contribution >= 4 is 11.8 Å². The average Bonchev–Trinajstić information content (AvgIpc) is 2.13. The topological polar surface area (TPSA) is 58.6 Å². The van der Waals surface area contributed by atoms with Gasteiger partial charge in [-0.3, -0.25) is 9.59 Å². The van der Waals surface area contributed by atoms with Crippen molar-refractivity contribution in [3.05, 3.63) is 0 Å². The average molecular weight is 214 g/mol.